The highest BCUT2D eigenvalue weighted by molar-refractivity contribution is 9.10. The predicted octanol–water partition coefficient (Wildman–Crippen LogP) is 1.02. The number of rotatable bonds is 2. The highest BCUT2D eigenvalue weighted by atomic mass is 79.9. The predicted molar refractivity (Wildman–Crippen MR) is 58.7 cm³/mol. The third-order valence-electron chi connectivity index (χ3n) is 2.03. The molecule has 0 aliphatic heterocycles. The van der Waals surface area contributed by atoms with E-state index >= 15 is 0 Å². The number of imidazole rings is 1. The molecule has 0 aromatic carbocycles. The molecule has 0 aliphatic rings. The Balaban J connectivity index is 2.62. The Morgan fingerprint density at radius 3 is 2.93 bits per heavy atom. The zero-order chi connectivity index (χ0) is 11.0. The highest BCUT2D eigenvalue weighted by Crippen LogP contribution is 2.11. The molecule has 0 radical (unpaired) electrons. The first-order valence-electron chi connectivity index (χ1n) is 4.38. The minimum atomic E-state index is -0.531. The number of nitrogens with two attached hydrogens (primary N) is 1. The van der Waals surface area contributed by atoms with Gasteiger partial charge >= 0.3 is 0 Å². The van der Waals surface area contributed by atoms with E-state index in [2.05, 4.69) is 25.9 Å². The van der Waals surface area contributed by atoms with Crippen molar-refractivity contribution in [3.05, 3.63) is 28.9 Å². The second-order valence-electron chi connectivity index (χ2n) is 3.23. The monoisotopic (exact) mass is 268 g/mol. The van der Waals surface area contributed by atoms with Crippen LogP contribution in [-0.4, -0.2) is 26.2 Å². The van der Waals surface area contributed by atoms with Gasteiger partial charge in [-0.2, -0.15) is 0 Å². The number of Topliss-reactive ketones (excluding diaryl/α,β-unsaturated/α-hetero) is 1. The van der Waals surface area contributed by atoms with E-state index in [0.29, 0.717) is 15.9 Å². The van der Waals surface area contributed by atoms with E-state index in [9.17, 15) is 4.79 Å². The lowest BCUT2D eigenvalue weighted by Crippen LogP contribution is -2.27. The molecule has 2 N–H and O–H groups in total. The second kappa shape index (κ2) is 3.71. The van der Waals surface area contributed by atoms with Gasteiger partial charge < -0.3 is 5.73 Å². The van der Waals surface area contributed by atoms with E-state index in [1.54, 1.807) is 23.7 Å². The third kappa shape index (κ3) is 1.78. The van der Waals surface area contributed by atoms with Crippen LogP contribution in [-0.2, 0) is 0 Å². The van der Waals surface area contributed by atoms with Crippen molar-refractivity contribution in [1.82, 2.24) is 14.4 Å². The average molecular weight is 269 g/mol. The Morgan fingerprint density at radius 1 is 1.53 bits per heavy atom. The number of fused-ring (bicyclic) bond motifs is 1. The smallest absolute Gasteiger partial charge is 0.197 e. The first-order chi connectivity index (χ1) is 7.09. The molecule has 0 fully saturated rings. The molecule has 0 saturated heterocycles. The molecule has 1 unspecified atom stereocenters. The van der Waals surface area contributed by atoms with Crippen LogP contribution in [0.1, 0.15) is 17.4 Å². The summed E-state index contributed by atoms with van der Waals surface area (Å²) in [6.07, 6.45) is 4.79. The fourth-order valence-corrected chi connectivity index (χ4v) is 1.59. The van der Waals surface area contributed by atoms with Crippen LogP contribution in [0.5, 0.6) is 0 Å². The summed E-state index contributed by atoms with van der Waals surface area (Å²) < 4.78 is 2.31. The summed E-state index contributed by atoms with van der Waals surface area (Å²) in [5.74, 6) is -0.138. The molecule has 0 amide bonds. The molecule has 15 heavy (non-hydrogen) atoms. The maximum atomic E-state index is 11.7. The minimum Gasteiger partial charge on any atom is -0.321 e. The maximum Gasteiger partial charge on any atom is 0.197 e. The lowest BCUT2D eigenvalue weighted by molar-refractivity contribution is 0.0962. The molecule has 2 aromatic rings. The quantitative estimate of drug-likeness (QED) is 0.826. The highest BCUT2D eigenvalue weighted by Gasteiger charge is 2.15. The van der Waals surface area contributed by atoms with Gasteiger partial charge in [0.05, 0.1) is 18.4 Å². The lowest BCUT2D eigenvalue weighted by Gasteiger charge is -2.03. The standard InChI is InChI=1S/C9H9BrN4O/c1-5(11)9(15)6-2-13-8-3-12-7(10)4-14(6)8/h2-5H,11H2,1H3. The number of carbonyl (C=O) groups excluding carboxylic acids is 1. The van der Waals surface area contributed by atoms with Crippen LogP contribution >= 0.6 is 15.9 Å². The van der Waals surface area contributed by atoms with E-state index in [1.807, 2.05) is 0 Å². The van der Waals surface area contributed by atoms with Crippen molar-refractivity contribution in [2.45, 2.75) is 13.0 Å². The SMILES string of the molecule is CC(N)C(=O)c1cnc2cnc(Br)cn12. The van der Waals surface area contributed by atoms with Gasteiger partial charge in [-0.1, -0.05) is 0 Å². The topological polar surface area (TPSA) is 73.3 Å². The number of hydrogen-bond donors (Lipinski definition) is 1. The maximum absolute atomic E-state index is 11.7. The van der Waals surface area contributed by atoms with E-state index in [4.69, 9.17) is 5.73 Å². The van der Waals surface area contributed by atoms with Crippen LogP contribution < -0.4 is 5.73 Å². The summed E-state index contributed by atoms with van der Waals surface area (Å²) in [5.41, 5.74) is 6.64. The fourth-order valence-electron chi connectivity index (χ4n) is 1.28. The van der Waals surface area contributed by atoms with Crippen molar-refractivity contribution in [3.8, 4) is 0 Å². The zero-order valence-electron chi connectivity index (χ0n) is 8.01. The first-order valence-corrected chi connectivity index (χ1v) is 5.17. The van der Waals surface area contributed by atoms with Gasteiger partial charge in [0.25, 0.3) is 0 Å². The van der Waals surface area contributed by atoms with E-state index < -0.39 is 6.04 Å². The Labute approximate surface area is 94.5 Å². The van der Waals surface area contributed by atoms with Gasteiger partial charge in [0.15, 0.2) is 11.4 Å². The molecular weight excluding hydrogens is 260 g/mol. The largest absolute Gasteiger partial charge is 0.321 e. The molecule has 0 saturated carbocycles. The van der Waals surface area contributed by atoms with Crippen molar-refractivity contribution in [1.29, 1.82) is 0 Å². The van der Waals surface area contributed by atoms with Crippen LogP contribution in [0.2, 0.25) is 0 Å². The third-order valence-corrected chi connectivity index (χ3v) is 2.44. The van der Waals surface area contributed by atoms with Gasteiger partial charge in [-0.05, 0) is 22.9 Å². The Bertz CT molecular complexity index is 520. The molecule has 5 nitrogen and oxygen atoms in total. The molecule has 78 valence electrons. The van der Waals surface area contributed by atoms with Gasteiger partial charge in [-0.25, -0.2) is 9.97 Å². The van der Waals surface area contributed by atoms with Gasteiger partial charge in [-0.3, -0.25) is 9.20 Å². The Morgan fingerprint density at radius 2 is 2.27 bits per heavy atom. The molecule has 0 aliphatic carbocycles. The summed E-state index contributed by atoms with van der Waals surface area (Å²) >= 11 is 3.24. The number of aromatic nitrogens is 3. The van der Waals surface area contributed by atoms with Crippen LogP contribution in [0.25, 0.3) is 5.65 Å². The van der Waals surface area contributed by atoms with Gasteiger partial charge in [-0.15, -0.1) is 0 Å². The normalized spacial score (nSPS) is 13.0. The Kier molecular flexibility index (Phi) is 2.54. The fraction of sp³-hybridized carbons (Fsp3) is 0.222. The van der Waals surface area contributed by atoms with Crippen LogP contribution in [0, 0.1) is 0 Å². The van der Waals surface area contributed by atoms with Crippen molar-refractivity contribution in [3.63, 3.8) is 0 Å². The van der Waals surface area contributed by atoms with E-state index in [0.717, 1.165) is 0 Å². The van der Waals surface area contributed by atoms with Gasteiger partial charge in [0.1, 0.15) is 10.3 Å². The molecule has 2 rings (SSSR count). The van der Waals surface area contributed by atoms with E-state index in [-0.39, 0.29) is 5.78 Å². The Hall–Kier alpha value is -1.27. The first kappa shape index (κ1) is 10.3. The van der Waals surface area contributed by atoms with Gasteiger partial charge in [0, 0.05) is 6.20 Å². The number of halogens is 1. The van der Waals surface area contributed by atoms with Crippen LogP contribution in [0.3, 0.4) is 0 Å². The zero-order valence-corrected chi connectivity index (χ0v) is 9.60. The minimum absolute atomic E-state index is 0.138. The van der Waals surface area contributed by atoms with Gasteiger partial charge in [0.2, 0.25) is 0 Å². The second-order valence-corrected chi connectivity index (χ2v) is 4.05. The molecule has 6 heteroatoms. The molecular formula is C9H9BrN4O. The molecule has 0 bridgehead atoms. The van der Waals surface area contributed by atoms with E-state index in [1.165, 1.54) is 6.20 Å². The number of hydrogen-bond acceptors (Lipinski definition) is 4. The van der Waals surface area contributed by atoms with Crippen LogP contribution in [0.4, 0.5) is 0 Å². The molecule has 2 aromatic heterocycles. The molecule has 2 heterocycles. The summed E-state index contributed by atoms with van der Waals surface area (Å²) in [6.45, 7) is 1.65. The van der Waals surface area contributed by atoms with Crippen molar-refractivity contribution in [2.75, 3.05) is 0 Å². The molecule has 1 atom stereocenters. The number of ketones is 1. The van der Waals surface area contributed by atoms with Crippen molar-refractivity contribution < 1.29 is 4.79 Å². The summed E-state index contributed by atoms with van der Waals surface area (Å²) in [6, 6.07) is -0.531. The summed E-state index contributed by atoms with van der Waals surface area (Å²) in [7, 11) is 0. The van der Waals surface area contributed by atoms with Crippen molar-refractivity contribution in [2.24, 2.45) is 5.73 Å². The summed E-state index contributed by atoms with van der Waals surface area (Å²) in [4.78, 5) is 19.8. The average Bonchev–Trinajstić information content (AvgIpc) is 2.59. The lowest BCUT2D eigenvalue weighted by atomic mass is 10.2. The van der Waals surface area contributed by atoms with Crippen molar-refractivity contribution >= 4 is 27.4 Å². The summed E-state index contributed by atoms with van der Waals surface area (Å²) in [5, 5.41) is 0. The number of carbonyl (C=O) groups is 1. The number of nitrogens with zero attached hydrogens (tertiary/aromatic N) is 3. The molecule has 0 spiro atoms. The van der Waals surface area contributed by atoms with Crippen LogP contribution in [0.15, 0.2) is 23.2 Å².